The van der Waals surface area contributed by atoms with Crippen molar-refractivity contribution in [2.45, 2.75) is 52.6 Å². The molecule has 1 N–H and O–H groups in total. The Morgan fingerprint density at radius 1 is 1.40 bits per heavy atom. The number of hydrogen-bond donors (Lipinski definition) is 1. The van der Waals surface area contributed by atoms with Crippen molar-refractivity contribution in [2.24, 2.45) is 11.8 Å². The molecule has 88 valence electrons. The number of carboxylic acids is 1. The summed E-state index contributed by atoms with van der Waals surface area (Å²) in [6.07, 6.45) is 2.47. The summed E-state index contributed by atoms with van der Waals surface area (Å²) in [7, 11) is 0. The highest BCUT2D eigenvalue weighted by Gasteiger charge is 2.32. The minimum atomic E-state index is -0.687. The maximum atomic E-state index is 10.9. The van der Waals surface area contributed by atoms with Crippen LogP contribution in [0, 0.1) is 11.8 Å². The molecule has 0 aromatic heterocycles. The normalized spacial score (nSPS) is 32.3. The highest BCUT2D eigenvalue weighted by Crippen LogP contribution is 2.26. The van der Waals surface area contributed by atoms with Crippen LogP contribution in [0.4, 0.5) is 0 Å². The third-order valence-corrected chi connectivity index (χ3v) is 4.06. The van der Waals surface area contributed by atoms with E-state index < -0.39 is 5.97 Å². The zero-order valence-corrected chi connectivity index (χ0v) is 10.2. The smallest absolute Gasteiger partial charge is 0.307 e. The lowest BCUT2D eigenvalue weighted by Gasteiger charge is -2.42. The van der Waals surface area contributed by atoms with Gasteiger partial charge in [0, 0.05) is 12.1 Å². The van der Waals surface area contributed by atoms with E-state index in [0.29, 0.717) is 12.0 Å². The number of rotatable bonds is 3. The molecule has 4 atom stereocenters. The molecule has 0 radical (unpaired) electrons. The summed E-state index contributed by atoms with van der Waals surface area (Å²) in [6.45, 7) is 9.36. The third kappa shape index (κ3) is 2.71. The fourth-order valence-corrected chi connectivity index (χ4v) is 2.44. The summed E-state index contributed by atoms with van der Waals surface area (Å²) in [5.41, 5.74) is 0. The van der Waals surface area contributed by atoms with E-state index >= 15 is 0 Å². The molecule has 3 heteroatoms. The van der Waals surface area contributed by atoms with E-state index in [-0.39, 0.29) is 12.0 Å². The van der Waals surface area contributed by atoms with E-state index in [0.717, 1.165) is 6.54 Å². The van der Waals surface area contributed by atoms with Crippen molar-refractivity contribution in [3.05, 3.63) is 0 Å². The number of hydrogen-bond acceptors (Lipinski definition) is 2. The molecule has 0 aromatic carbocycles. The summed E-state index contributed by atoms with van der Waals surface area (Å²) in [6, 6.07) is 0.649. The van der Waals surface area contributed by atoms with E-state index in [1.165, 1.54) is 12.8 Å². The predicted molar refractivity (Wildman–Crippen MR) is 60.8 cm³/mol. The first-order chi connectivity index (χ1) is 6.95. The molecule has 1 aliphatic rings. The van der Waals surface area contributed by atoms with Crippen LogP contribution >= 0.6 is 0 Å². The fourth-order valence-electron chi connectivity index (χ4n) is 2.44. The molecule has 3 nitrogen and oxygen atoms in total. The molecule has 15 heavy (non-hydrogen) atoms. The van der Waals surface area contributed by atoms with Gasteiger partial charge in [0.1, 0.15) is 0 Å². The van der Waals surface area contributed by atoms with Gasteiger partial charge < -0.3 is 5.11 Å². The molecular formula is C12H23NO2. The van der Waals surface area contributed by atoms with E-state index in [2.05, 4.69) is 18.7 Å². The fraction of sp³-hybridized carbons (Fsp3) is 0.917. The second kappa shape index (κ2) is 4.97. The van der Waals surface area contributed by atoms with E-state index in [1.807, 2.05) is 6.92 Å². The minimum absolute atomic E-state index is 0.139. The van der Waals surface area contributed by atoms with Crippen LogP contribution in [-0.2, 0) is 4.79 Å². The molecular weight excluding hydrogens is 190 g/mol. The van der Waals surface area contributed by atoms with Gasteiger partial charge in [0.25, 0.3) is 0 Å². The van der Waals surface area contributed by atoms with Gasteiger partial charge in [0.15, 0.2) is 0 Å². The Morgan fingerprint density at radius 2 is 2.00 bits per heavy atom. The number of nitrogens with zero attached hydrogens (tertiary/aromatic N) is 1. The quantitative estimate of drug-likeness (QED) is 0.781. The van der Waals surface area contributed by atoms with Gasteiger partial charge in [-0.25, -0.2) is 0 Å². The van der Waals surface area contributed by atoms with E-state index in [9.17, 15) is 4.79 Å². The van der Waals surface area contributed by atoms with Gasteiger partial charge >= 0.3 is 5.97 Å². The Morgan fingerprint density at radius 3 is 2.53 bits per heavy atom. The van der Waals surface area contributed by atoms with Crippen molar-refractivity contribution in [1.82, 2.24) is 4.90 Å². The van der Waals surface area contributed by atoms with Crippen LogP contribution < -0.4 is 0 Å². The maximum Gasteiger partial charge on any atom is 0.307 e. The maximum absolute atomic E-state index is 10.9. The first kappa shape index (κ1) is 12.5. The SMILES string of the molecule is CC1CCCN(C(C)C(C)C(=O)O)C1C. The average Bonchev–Trinajstić information content (AvgIpc) is 2.20. The van der Waals surface area contributed by atoms with Crippen LogP contribution in [0.15, 0.2) is 0 Å². The second-order valence-electron chi connectivity index (χ2n) is 4.97. The minimum Gasteiger partial charge on any atom is -0.481 e. The molecule has 0 amide bonds. The molecule has 1 saturated heterocycles. The van der Waals surface area contributed by atoms with Gasteiger partial charge in [-0.1, -0.05) is 13.8 Å². The highest BCUT2D eigenvalue weighted by atomic mass is 16.4. The largest absolute Gasteiger partial charge is 0.481 e. The number of carboxylic acid groups (broad SMARTS) is 1. The van der Waals surface area contributed by atoms with Crippen LogP contribution in [0.3, 0.4) is 0 Å². The van der Waals surface area contributed by atoms with Gasteiger partial charge in [-0.2, -0.15) is 0 Å². The molecule has 1 aliphatic heterocycles. The molecule has 0 bridgehead atoms. The van der Waals surface area contributed by atoms with Crippen molar-refractivity contribution in [1.29, 1.82) is 0 Å². The Labute approximate surface area is 92.5 Å². The van der Waals surface area contributed by atoms with Crippen molar-refractivity contribution in [2.75, 3.05) is 6.54 Å². The van der Waals surface area contributed by atoms with Crippen molar-refractivity contribution >= 4 is 5.97 Å². The Hall–Kier alpha value is -0.570. The van der Waals surface area contributed by atoms with Crippen LogP contribution in [0.2, 0.25) is 0 Å². The second-order valence-corrected chi connectivity index (χ2v) is 4.97. The average molecular weight is 213 g/mol. The van der Waals surface area contributed by atoms with Crippen molar-refractivity contribution in [3.8, 4) is 0 Å². The molecule has 0 aliphatic carbocycles. The highest BCUT2D eigenvalue weighted by molar-refractivity contribution is 5.70. The lowest BCUT2D eigenvalue weighted by atomic mass is 9.88. The van der Waals surface area contributed by atoms with Gasteiger partial charge in [-0.05, 0) is 39.2 Å². The number of piperidine rings is 1. The topological polar surface area (TPSA) is 40.5 Å². The van der Waals surface area contributed by atoms with E-state index in [4.69, 9.17) is 5.11 Å². The molecule has 4 unspecified atom stereocenters. The van der Waals surface area contributed by atoms with Crippen LogP contribution in [0.1, 0.15) is 40.5 Å². The molecule has 1 heterocycles. The first-order valence-corrected chi connectivity index (χ1v) is 5.93. The van der Waals surface area contributed by atoms with Crippen molar-refractivity contribution in [3.63, 3.8) is 0 Å². The standard InChI is InChI=1S/C12H23NO2/c1-8-6-5-7-13(10(8)3)11(4)9(2)12(14)15/h8-11H,5-7H2,1-4H3,(H,14,15). The lowest BCUT2D eigenvalue weighted by Crippen LogP contribution is -2.50. The van der Waals surface area contributed by atoms with Gasteiger partial charge in [0.2, 0.25) is 0 Å². The zero-order valence-electron chi connectivity index (χ0n) is 10.2. The summed E-state index contributed by atoms with van der Waals surface area (Å²) >= 11 is 0. The lowest BCUT2D eigenvalue weighted by molar-refractivity contribution is -0.144. The monoisotopic (exact) mass is 213 g/mol. The molecule has 1 fully saturated rings. The third-order valence-electron chi connectivity index (χ3n) is 4.06. The summed E-state index contributed by atoms with van der Waals surface area (Å²) < 4.78 is 0. The summed E-state index contributed by atoms with van der Waals surface area (Å²) in [5.74, 6) is -0.284. The number of carbonyl (C=O) groups is 1. The number of aliphatic carboxylic acids is 1. The Balaban J connectivity index is 2.65. The first-order valence-electron chi connectivity index (χ1n) is 5.93. The molecule has 0 saturated carbocycles. The summed E-state index contributed by atoms with van der Waals surface area (Å²) in [5, 5.41) is 9.01. The molecule has 0 spiro atoms. The van der Waals surface area contributed by atoms with Gasteiger partial charge in [-0.3, -0.25) is 9.69 Å². The zero-order chi connectivity index (χ0) is 11.6. The molecule has 1 rings (SSSR count). The van der Waals surface area contributed by atoms with Crippen LogP contribution in [0.25, 0.3) is 0 Å². The van der Waals surface area contributed by atoms with Crippen LogP contribution in [0.5, 0.6) is 0 Å². The number of likely N-dealkylation sites (tertiary alicyclic amines) is 1. The summed E-state index contributed by atoms with van der Waals surface area (Å²) in [4.78, 5) is 13.3. The van der Waals surface area contributed by atoms with Crippen LogP contribution in [-0.4, -0.2) is 34.6 Å². The Bertz CT molecular complexity index is 230. The predicted octanol–water partition coefficient (Wildman–Crippen LogP) is 2.22. The van der Waals surface area contributed by atoms with E-state index in [1.54, 1.807) is 6.92 Å². The van der Waals surface area contributed by atoms with Gasteiger partial charge in [-0.15, -0.1) is 0 Å². The van der Waals surface area contributed by atoms with Gasteiger partial charge in [0.05, 0.1) is 5.92 Å². The van der Waals surface area contributed by atoms with Crippen molar-refractivity contribution < 1.29 is 9.90 Å². The Kier molecular flexibility index (Phi) is 4.14. The molecule has 0 aromatic rings.